The van der Waals surface area contributed by atoms with E-state index in [9.17, 15) is 5.11 Å². The predicted molar refractivity (Wildman–Crippen MR) is 69.4 cm³/mol. The number of aromatic hydroxyl groups is 1. The maximum Gasteiger partial charge on any atom is 0.119 e. The summed E-state index contributed by atoms with van der Waals surface area (Å²) in [5.74, 6) is 1.21. The topological polar surface area (TPSA) is 29.5 Å². The summed E-state index contributed by atoms with van der Waals surface area (Å²) in [6, 6.07) is 13.6. The molecule has 2 aromatic rings. The number of aryl methyl sites for hydroxylation is 1. The van der Waals surface area contributed by atoms with Gasteiger partial charge in [0.25, 0.3) is 0 Å². The molecule has 0 aliphatic carbocycles. The Morgan fingerprint density at radius 1 is 1.00 bits per heavy atom. The second-order valence-corrected chi connectivity index (χ2v) is 3.96. The quantitative estimate of drug-likeness (QED) is 0.866. The van der Waals surface area contributed by atoms with E-state index in [-0.39, 0.29) is 0 Å². The van der Waals surface area contributed by atoms with Crippen molar-refractivity contribution < 1.29 is 9.84 Å². The van der Waals surface area contributed by atoms with E-state index in [4.69, 9.17) is 4.74 Å². The summed E-state index contributed by atoms with van der Waals surface area (Å²) < 4.78 is 5.40. The summed E-state index contributed by atoms with van der Waals surface area (Å²) in [6.07, 6.45) is 0. The third-order valence-corrected chi connectivity index (χ3v) is 2.70. The van der Waals surface area contributed by atoms with Gasteiger partial charge >= 0.3 is 0 Å². The molecule has 0 fully saturated rings. The van der Waals surface area contributed by atoms with E-state index in [2.05, 4.69) is 0 Å². The molecule has 0 spiro atoms. The van der Waals surface area contributed by atoms with Crippen LogP contribution in [-0.2, 0) is 0 Å². The van der Waals surface area contributed by atoms with Gasteiger partial charge < -0.3 is 9.84 Å². The smallest absolute Gasteiger partial charge is 0.119 e. The molecule has 2 rings (SSSR count). The van der Waals surface area contributed by atoms with E-state index in [1.165, 1.54) is 0 Å². The second kappa shape index (κ2) is 4.91. The third-order valence-electron chi connectivity index (χ3n) is 2.70. The number of ether oxygens (including phenoxy) is 1. The predicted octanol–water partition coefficient (Wildman–Crippen LogP) is 3.77. The highest BCUT2D eigenvalue weighted by atomic mass is 16.5. The molecular formula is C15H16O2. The Hall–Kier alpha value is -1.96. The zero-order valence-corrected chi connectivity index (χ0v) is 10.1. The van der Waals surface area contributed by atoms with Gasteiger partial charge in [-0.05, 0) is 54.8 Å². The first-order valence-electron chi connectivity index (χ1n) is 5.73. The Balaban J connectivity index is 2.30. The molecule has 0 heterocycles. The molecule has 0 aliphatic heterocycles. The number of phenols is 1. The van der Waals surface area contributed by atoms with E-state index in [0.717, 1.165) is 22.4 Å². The van der Waals surface area contributed by atoms with Crippen molar-refractivity contribution in [1.29, 1.82) is 0 Å². The molecule has 1 N–H and O–H groups in total. The van der Waals surface area contributed by atoms with Crippen LogP contribution in [0.2, 0.25) is 0 Å². The van der Waals surface area contributed by atoms with E-state index in [1.54, 1.807) is 6.07 Å². The summed E-state index contributed by atoms with van der Waals surface area (Å²) in [5, 5.41) is 9.48. The molecule has 0 unspecified atom stereocenters. The van der Waals surface area contributed by atoms with Crippen LogP contribution in [0.25, 0.3) is 11.1 Å². The maximum absolute atomic E-state index is 9.48. The van der Waals surface area contributed by atoms with Crippen LogP contribution in [0, 0.1) is 6.92 Å². The molecule has 0 saturated carbocycles. The molecule has 0 bridgehead atoms. The van der Waals surface area contributed by atoms with Crippen molar-refractivity contribution in [3.63, 3.8) is 0 Å². The lowest BCUT2D eigenvalue weighted by molar-refractivity contribution is 0.340. The molecule has 17 heavy (non-hydrogen) atoms. The average molecular weight is 228 g/mol. The van der Waals surface area contributed by atoms with Crippen LogP contribution in [0.4, 0.5) is 0 Å². The van der Waals surface area contributed by atoms with Gasteiger partial charge in [-0.2, -0.15) is 0 Å². The molecule has 2 heteroatoms. The second-order valence-electron chi connectivity index (χ2n) is 3.96. The Bertz CT molecular complexity index is 501. The lowest BCUT2D eigenvalue weighted by Gasteiger charge is -2.06. The van der Waals surface area contributed by atoms with Crippen molar-refractivity contribution in [2.24, 2.45) is 0 Å². The van der Waals surface area contributed by atoms with Gasteiger partial charge in [0.15, 0.2) is 0 Å². The van der Waals surface area contributed by atoms with Gasteiger partial charge in [-0.25, -0.2) is 0 Å². The first-order chi connectivity index (χ1) is 8.20. The molecule has 0 saturated heterocycles. The van der Waals surface area contributed by atoms with Crippen LogP contribution in [0.15, 0.2) is 42.5 Å². The van der Waals surface area contributed by atoms with Crippen LogP contribution in [0.5, 0.6) is 11.5 Å². The summed E-state index contributed by atoms with van der Waals surface area (Å²) in [5.41, 5.74) is 3.11. The van der Waals surface area contributed by atoms with Gasteiger partial charge in [-0.3, -0.25) is 0 Å². The summed E-state index contributed by atoms with van der Waals surface area (Å²) in [7, 11) is 0. The standard InChI is InChI=1S/C15H16O2/c1-3-17-14-7-4-12(5-8-14)13-6-9-15(16)11(2)10-13/h4-10,16H,3H2,1-2H3. The molecule has 2 nitrogen and oxygen atoms in total. The fraction of sp³-hybridized carbons (Fsp3) is 0.200. The zero-order valence-electron chi connectivity index (χ0n) is 10.1. The minimum absolute atomic E-state index is 0.333. The van der Waals surface area contributed by atoms with Crippen LogP contribution in [0.1, 0.15) is 12.5 Å². The number of rotatable bonds is 3. The lowest BCUT2D eigenvalue weighted by atomic mass is 10.0. The van der Waals surface area contributed by atoms with Crippen molar-refractivity contribution in [3.8, 4) is 22.6 Å². The van der Waals surface area contributed by atoms with Gasteiger partial charge in [0.2, 0.25) is 0 Å². The Morgan fingerprint density at radius 3 is 2.24 bits per heavy atom. The van der Waals surface area contributed by atoms with Gasteiger partial charge in [-0.15, -0.1) is 0 Å². The lowest BCUT2D eigenvalue weighted by Crippen LogP contribution is -1.90. The van der Waals surface area contributed by atoms with Crippen molar-refractivity contribution in [1.82, 2.24) is 0 Å². The average Bonchev–Trinajstić information content (AvgIpc) is 2.34. The normalized spacial score (nSPS) is 10.2. The van der Waals surface area contributed by atoms with E-state index in [0.29, 0.717) is 12.4 Å². The van der Waals surface area contributed by atoms with Crippen molar-refractivity contribution in [2.45, 2.75) is 13.8 Å². The third kappa shape index (κ3) is 2.59. The molecule has 0 aromatic heterocycles. The molecule has 88 valence electrons. The Morgan fingerprint density at radius 2 is 1.65 bits per heavy atom. The highest BCUT2D eigenvalue weighted by molar-refractivity contribution is 5.66. The van der Waals surface area contributed by atoms with Crippen LogP contribution in [-0.4, -0.2) is 11.7 Å². The fourth-order valence-corrected chi connectivity index (χ4v) is 1.75. The first-order valence-corrected chi connectivity index (χ1v) is 5.73. The summed E-state index contributed by atoms with van der Waals surface area (Å²) in [4.78, 5) is 0. The van der Waals surface area contributed by atoms with E-state index in [1.807, 2.05) is 50.2 Å². The Labute approximate surface area is 101 Å². The van der Waals surface area contributed by atoms with Gasteiger partial charge in [-0.1, -0.05) is 18.2 Å². The highest BCUT2D eigenvalue weighted by Crippen LogP contribution is 2.26. The number of hydrogen-bond donors (Lipinski definition) is 1. The van der Waals surface area contributed by atoms with Crippen LogP contribution in [0.3, 0.4) is 0 Å². The van der Waals surface area contributed by atoms with Gasteiger partial charge in [0.05, 0.1) is 6.61 Å². The number of benzene rings is 2. The monoisotopic (exact) mass is 228 g/mol. The van der Waals surface area contributed by atoms with Gasteiger partial charge in [0.1, 0.15) is 11.5 Å². The van der Waals surface area contributed by atoms with Gasteiger partial charge in [0, 0.05) is 0 Å². The fourth-order valence-electron chi connectivity index (χ4n) is 1.75. The number of hydrogen-bond acceptors (Lipinski definition) is 2. The zero-order chi connectivity index (χ0) is 12.3. The van der Waals surface area contributed by atoms with Crippen molar-refractivity contribution >= 4 is 0 Å². The molecule has 0 aliphatic rings. The van der Waals surface area contributed by atoms with E-state index < -0.39 is 0 Å². The molecule has 0 radical (unpaired) electrons. The molecule has 0 amide bonds. The number of phenolic OH excluding ortho intramolecular Hbond substituents is 1. The highest BCUT2D eigenvalue weighted by Gasteiger charge is 2.01. The molecular weight excluding hydrogens is 212 g/mol. The maximum atomic E-state index is 9.48. The molecule has 0 atom stereocenters. The minimum atomic E-state index is 0.333. The largest absolute Gasteiger partial charge is 0.508 e. The summed E-state index contributed by atoms with van der Waals surface area (Å²) in [6.45, 7) is 4.54. The van der Waals surface area contributed by atoms with Crippen LogP contribution >= 0.6 is 0 Å². The van der Waals surface area contributed by atoms with Crippen LogP contribution < -0.4 is 4.74 Å². The van der Waals surface area contributed by atoms with Crippen molar-refractivity contribution in [2.75, 3.05) is 6.61 Å². The SMILES string of the molecule is CCOc1ccc(-c2ccc(O)c(C)c2)cc1. The Kier molecular flexibility index (Phi) is 3.33. The summed E-state index contributed by atoms with van der Waals surface area (Å²) >= 11 is 0. The molecule has 2 aromatic carbocycles. The van der Waals surface area contributed by atoms with E-state index >= 15 is 0 Å². The first kappa shape index (κ1) is 11.5. The minimum Gasteiger partial charge on any atom is -0.508 e. The van der Waals surface area contributed by atoms with Crippen molar-refractivity contribution in [3.05, 3.63) is 48.0 Å².